The topological polar surface area (TPSA) is 36.3 Å². The van der Waals surface area contributed by atoms with E-state index in [1.165, 1.54) is 11.1 Å². The molecule has 0 radical (unpaired) electrons. The van der Waals surface area contributed by atoms with E-state index in [1.54, 1.807) is 0 Å². The van der Waals surface area contributed by atoms with Crippen molar-refractivity contribution in [1.29, 1.82) is 0 Å². The van der Waals surface area contributed by atoms with Gasteiger partial charge in [-0.2, -0.15) is 0 Å². The zero-order chi connectivity index (χ0) is 25.6. The first-order valence-corrected chi connectivity index (χ1v) is 12.8. The predicted octanol–water partition coefficient (Wildman–Crippen LogP) is 6.69. The first-order valence-electron chi connectivity index (χ1n) is 12.0. The Bertz CT molecular complexity index is 1410. The van der Waals surface area contributed by atoms with Gasteiger partial charge in [-0.05, 0) is 98.7 Å². The van der Waals surface area contributed by atoms with Gasteiger partial charge in [-0.3, -0.25) is 4.98 Å². The fourth-order valence-electron chi connectivity index (χ4n) is 5.14. The Morgan fingerprint density at radius 2 is 1.72 bits per heavy atom. The summed E-state index contributed by atoms with van der Waals surface area (Å²) in [5, 5.41) is 4.99. The largest absolute Gasteiger partial charge is 0.378 e. The van der Waals surface area contributed by atoms with Gasteiger partial charge in [-0.25, -0.2) is 0 Å². The van der Waals surface area contributed by atoms with Crippen LogP contribution in [0.2, 0.25) is 5.02 Å². The van der Waals surface area contributed by atoms with E-state index in [-0.39, 0.29) is 12.1 Å². The number of anilines is 2. The van der Waals surface area contributed by atoms with Crippen molar-refractivity contribution in [2.24, 2.45) is 0 Å². The molecular formula is C29H30ClN5S. The summed E-state index contributed by atoms with van der Waals surface area (Å²) in [5.41, 5.74) is 8.92. The Kier molecular flexibility index (Phi) is 6.49. The highest BCUT2D eigenvalue weighted by molar-refractivity contribution is 7.80. The van der Waals surface area contributed by atoms with Gasteiger partial charge in [0.2, 0.25) is 0 Å². The quantitative estimate of drug-likeness (QED) is 0.299. The Morgan fingerprint density at radius 3 is 2.39 bits per heavy atom. The summed E-state index contributed by atoms with van der Waals surface area (Å²) >= 11 is 12.3. The Morgan fingerprint density at radius 1 is 0.972 bits per heavy atom. The molecule has 1 aliphatic rings. The number of aryl methyl sites for hydroxylation is 2. The highest BCUT2D eigenvalue weighted by Gasteiger charge is 2.42. The summed E-state index contributed by atoms with van der Waals surface area (Å²) in [6.07, 6.45) is 1.84. The number of nitrogens with one attached hydrogen (secondary N) is 1. The van der Waals surface area contributed by atoms with Crippen molar-refractivity contribution in [3.63, 3.8) is 0 Å². The molecule has 1 aliphatic heterocycles. The van der Waals surface area contributed by atoms with E-state index in [1.807, 2.05) is 44.6 Å². The molecule has 2 atom stereocenters. The molecule has 0 aliphatic carbocycles. The lowest BCUT2D eigenvalue weighted by molar-refractivity contribution is 0.565. The van der Waals surface area contributed by atoms with Crippen LogP contribution in [0.15, 0.2) is 72.9 Å². The molecule has 0 bridgehead atoms. The molecule has 1 saturated heterocycles. The third-order valence-electron chi connectivity index (χ3n) is 6.94. The summed E-state index contributed by atoms with van der Waals surface area (Å²) in [4.78, 5) is 9.02. The highest BCUT2D eigenvalue weighted by Crippen LogP contribution is 2.44. The second-order valence-corrected chi connectivity index (χ2v) is 10.3. The van der Waals surface area contributed by atoms with Crippen LogP contribution in [-0.2, 0) is 0 Å². The second kappa shape index (κ2) is 9.60. The van der Waals surface area contributed by atoms with Crippen molar-refractivity contribution in [2.75, 3.05) is 23.9 Å². The summed E-state index contributed by atoms with van der Waals surface area (Å²) in [6.45, 7) is 6.43. The number of nitrogens with zero attached hydrogens (tertiary/aromatic N) is 4. The second-order valence-electron chi connectivity index (χ2n) is 9.50. The van der Waals surface area contributed by atoms with Crippen molar-refractivity contribution in [2.45, 2.75) is 32.9 Å². The number of aromatic nitrogens is 2. The zero-order valence-corrected chi connectivity index (χ0v) is 22.7. The minimum Gasteiger partial charge on any atom is -0.378 e. The number of halogens is 1. The Labute approximate surface area is 223 Å². The smallest absolute Gasteiger partial charge is 0.174 e. The van der Waals surface area contributed by atoms with E-state index >= 15 is 0 Å². The SMILES string of the molecule is Cc1ccc(Cl)cc1-n1c(C)cc([C@H]2[C@@H](c3ccccn3)NC(=S)N2c2ccc(N(C)C)cc2)c1C. The fraction of sp³-hybridized carbons (Fsp3) is 0.241. The van der Waals surface area contributed by atoms with Gasteiger partial charge in [-0.15, -0.1) is 0 Å². The Hall–Kier alpha value is -3.35. The van der Waals surface area contributed by atoms with Gasteiger partial charge in [0, 0.05) is 53.8 Å². The average Bonchev–Trinajstić information content (AvgIpc) is 3.36. The predicted molar refractivity (Wildman–Crippen MR) is 154 cm³/mol. The van der Waals surface area contributed by atoms with Gasteiger partial charge in [-0.1, -0.05) is 23.7 Å². The summed E-state index contributed by atoms with van der Waals surface area (Å²) in [7, 11) is 4.09. The number of pyridine rings is 1. The van der Waals surface area contributed by atoms with E-state index in [4.69, 9.17) is 28.8 Å². The minimum absolute atomic E-state index is 0.0722. The third kappa shape index (κ3) is 4.25. The summed E-state index contributed by atoms with van der Waals surface area (Å²) in [5.74, 6) is 0. The van der Waals surface area contributed by atoms with Crippen LogP contribution >= 0.6 is 23.8 Å². The summed E-state index contributed by atoms with van der Waals surface area (Å²) in [6, 6.07) is 22.7. The molecule has 36 heavy (non-hydrogen) atoms. The van der Waals surface area contributed by atoms with Crippen LogP contribution in [0.4, 0.5) is 11.4 Å². The molecule has 3 heterocycles. The maximum absolute atomic E-state index is 6.41. The van der Waals surface area contributed by atoms with E-state index in [9.17, 15) is 0 Å². The van der Waals surface area contributed by atoms with Crippen LogP contribution in [0, 0.1) is 20.8 Å². The third-order valence-corrected chi connectivity index (χ3v) is 7.49. The molecule has 184 valence electrons. The van der Waals surface area contributed by atoms with Crippen molar-refractivity contribution in [1.82, 2.24) is 14.9 Å². The lowest BCUT2D eigenvalue weighted by Gasteiger charge is -2.28. The van der Waals surface area contributed by atoms with Crippen molar-refractivity contribution in [3.05, 3.63) is 106 Å². The van der Waals surface area contributed by atoms with Crippen LogP contribution in [0.5, 0.6) is 0 Å². The van der Waals surface area contributed by atoms with Gasteiger partial charge >= 0.3 is 0 Å². The average molecular weight is 516 g/mol. The maximum atomic E-state index is 6.41. The van der Waals surface area contributed by atoms with Crippen LogP contribution in [0.25, 0.3) is 5.69 Å². The minimum atomic E-state index is -0.0957. The number of benzene rings is 2. The first-order chi connectivity index (χ1) is 17.3. The molecule has 5 nitrogen and oxygen atoms in total. The molecule has 2 aromatic carbocycles. The number of rotatable bonds is 5. The molecule has 2 aromatic heterocycles. The number of hydrogen-bond acceptors (Lipinski definition) is 3. The van der Waals surface area contributed by atoms with Crippen molar-refractivity contribution < 1.29 is 0 Å². The first kappa shape index (κ1) is 24.3. The molecule has 0 unspecified atom stereocenters. The molecule has 4 aromatic rings. The van der Waals surface area contributed by atoms with Gasteiger partial charge in [0.05, 0.1) is 17.8 Å². The molecule has 1 fully saturated rings. The van der Waals surface area contributed by atoms with Crippen LogP contribution in [-0.4, -0.2) is 28.8 Å². The summed E-state index contributed by atoms with van der Waals surface area (Å²) < 4.78 is 2.29. The van der Waals surface area contributed by atoms with E-state index < -0.39 is 0 Å². The van der Waals surface area contributed by atoms with Crippen LogP contribution < -0.4 is 15.1 Å². The Balaban J connectivity index is 1.67. The van der Waals surface area contributed by atoms with E-state index in [0.29, 0.717) is 5.11 Å². The molecule has 0 saturated carbocycles. The van der Waals surface area contributed by atoms with E-state index in [0.717, 1.165) is 39.2 Å². The van der Waals surface area contributed by atoms with Crippen molar-refractivity contribution in [3.8, 4) is 5.69 Å². The fourth-order valence-corrected chi connectivity index (χ4v) is 5.65. The molecule has 7 heteroatoms. The molecular weight excluding hydrogens is 486 g/mol. The highest BCUT2D eigenvalue weighted by atomic mass is 35.5. The van der Waals surface area contributed by atoms with Gasteiger partial charge in [0.1, 0.15) is 0 Å². The lowest BCUT2D eigenvalue weighted by atomic mass is 9.96. The lowest BCUT2D eigenvalue weighted by Crippen LogP contribution is -2.29. The standard InChI is InChI=1S/C29H30ClN5S/c1-18-9-10-21(30)17-26(18)34-19(2)16-24(20(34)3)28-27(25-8-6-7-15-31-25)32-29(36)35(28)23-13-11-22(12-14-23)33(4)5/h6-17,27-28H,1-5H3,(H,32,36)/t27-,28+/m1/s1. The number of thiocarbonyl (C=S) groups is 1. The number of hydrogen-bond donors (Lipinski definition) is 1. The van der Waals surface area contributed by atoms with E-state index in [2.05, 4.69) is 82.9 Å². The van der Waals surface area contributed by atoms with Gasteiger partial charge in [0.25, 0.3) is 0 Å². The van der Waals surface area contributed by atoms with Crippen LogP contribution in [0.1, 0.15) is 40.3 Å². The molecule has 5 rings (SSSR count). The maximum Gasteiger partial charge on any atom is 0.174 e. The molecule has 0 spiro atoms. The van der Waals surface area contributed by atoms with Crippen molar-refractivity contribution >= 4 is 40.3 Å². The van der Waals surface area contributed by atoms with Crippen LogP contribution in [0.3, 0.4) is 0 Å². The van der Waals surface area contributed by atoms with Gasteiger partial charge in [0.15, 0.2) is 5.11 Å². The monoisotopic (exact) mass is 515 g/mol. The molecule has 1 N–H and O–H groups in total. The zero-order valence-electron chi connectivity index (χ0n) is 21.2. The van der Waals surface area contributed by atoms with Gasteiger partial charge < -0.3 is 19.7 Å². The molecule has 0 amide bonds. The normalized spacial score (nSPS) is 17.4.